The van der Waals surface area contributed by atoms with E-state index in [9.17, 15) is 9.59 Å². The minimum absolute atomic E-state index is 0.0392. The number of hydrogen-bond acceptors (Lipinski definition) is 2. The van der Waals surface area contributed by atoms with Gasteiger partial charge in [0, 0.05) is 12.5 Å². The Morgan fingerprint density at radius 2 is 2.29 bits per heavy atom. The summed E-state index contributed by atoms with van der Waals surface area (Å²) in [7, 11) is 0. The SMILES string of the molecule is CC(C)C[C@@H]1C[C@@H](C(=O)O)CC(=O)N1. The van der Waals surface area contributed by atoms with Crippen molar-refractivity contribution < 1.29 is 14.7 Å². The van der Waals surface area contributed by atoms with E-state index in [4.69, 9.17) is 5.11 Å². The molecule has 0 aromatic rings. The van der Waals surface area contributed by atoms with E-state index in [1.54, 1.807) is 0 Å². The van der Waals surface area contributed by atoms with Gasteiger partial charge in [-0.1, -0.05) is 13.8 Å². The standard InChI is InChI=1S/C10H17NO3/c1-6(2)3-8-4-7(10(13)14)5-9(12)11-8/h6-8H,3-5H2,1-2H3,(H,11,12)(H,13,14)/t7-,8-/m1/s1. The van der Waals surface area contributed by atoms with E-state index in [0.717, 1.165) is 6.42 Å². The van der Waals surface area contributed by atoms with Crippen molar-refractivity contribution in [3.05, 3.63) is 0 Å². The van der Waals surface area contributed by atoms with E-state index in [1.165, 1.54) is 0 Å². The van der Waals surface area contributed by atoms with Gasteiger partial charge >= 0.3 is 5.97 Å². The molecule has 0 bridgehead atoms. The van der Waals surface area contributed by atoms with Crippen molar-refractivity contribution in [3.63, 3.8) is 0 Å². The molecule has 2 N–H and O–H groups in total. The molecule has 0 aromatic carbocycles. The van der Waals surface area contributed by atoms with E-state index in [1.807, 2.05) is 0 Å². The Bertz CT molecular complexity index is 238. The summed E-state index contributed by atoms with van der Waals surface area (Å²) in [6.07, 6.45) is 1.55. The normalized spacial score (nSPS) is 27.5. The third-order valence-corrected chi connectivity index (χ3v) is 2.47. The second-order valence-corrected chi connectivity index (χ2v) is 4.37. The summed E-state index contributed by atoms with van der Waals surface area (Å²) in [4.78, 5) is 21.9. The van der Waals surface area contributed by atoms with E-state index in [-0.39, 0.29) is 18.4 Å². The number of carbonyl (C=O) groups excluding carboxylic acids is 1. The molecule has 1 amide bonds. The zero-order chi connectivity index (χ0) is 10.7. The van der Waals surface area contributed by atoms with Crippen LogP contribution < -0.4 is 5.32 Å². The summed E-state index contributed by atoms with van der Waals surface area (Å²) in [5, 5.41) is 11.7. The molecule has 0 radical (unpaired) electrons. The number of rotatable bonds is 3. The van der Waals surface area contributed by atoms with E-state index in [0.29, 0.717) is 12.3 Å². The lowest BCUT2D eigenvalue weighted by atomic mass is 9.88. The number of nitrogens with one attached hydrogen (secondary N) is 1. The number of carboxylic acids is 1. The Balaban J connectivity index is 2.54. The van der Waals surface area contributed by atoms with Gasteiger partial charge in [-0.15, -0.1) is 0 Å². The topological polar surface area (TPSA) is 66.4 Å². The number of hydrogen-bond donors (Lipinski definition) is 2. The molecule has 0 saturated carbocycles. The molecule has 1 rings (SSSR count). The van der Waals surface area contributed by atoms with E-state index < -0.39 is 11.9 Å². The molecular weight excluding hydrogens is 182 g/mol. The van der Waals surface area contributed by atoms with Gasteiger partial charge in [-0.25, -0.2) is 0 Å². The lowest BCUT2D eigenvalue weighted by Crippen LogP contribution is -2.44. The van der Waals surface area contributed by atoms with Crippen molar-refractivity contribution in [3.8, 4) is 0 Å². The second-order valence-electron chi connectivity index (χ2n) is 4.37. The molecule has 0 unspecified atom stereocenters. The quantitative estimate of drug-likeness (QED) is 0.713. The molecule has 14 heavy (non-hydrogen) atoms. The Hall–Kier alpha value is -1.06. The van der Waals surface area contributed by atoms with Crippen LogP contribution in [0.1, 0.15) is 33.1 Å². The molecule has 0 aromatic heterocycles. The van der Waals surface area contributed by atoms with Crippen molar-refractivity contribution >= 4 is 11.9 Å². The Morgan fingerprint density at radius 1 is 1.64 bits per heavy atom. The number of carboxylic acid groups (broad SMARTS) is 1. The van der Waals surface area contributed by atoms with Crippen LogP contribution in [0.3, 0.4) is 0 Å². The first-order chi connectivity index (χ1) is 6.49. The van der Waals surface area contributed by atoms with Crippen LogP contribution in [0.5, 0.6) is 0 Å². The maximum Gasteiger partial charge on any atom is 0.307 e. The maximum absolute atomic E-state index is 11.2. The van der Waals surface area contributed by atoms with Crippen molar-refractivity contribution in [2.45, 2.75) is 39.2 Å². The molecule has 4 nitrogen and oxygen atoms in total. The fraction of sp³-hybridized carbons (Fsp3) is 0.800. The fourth-order valence-electron chi connectivity index (χ4n) is 1.91. The molecule has 80 valence electrons. The molecule has 0 aliphatic carbocycles. The van der Waals surface area contributed by atoms with Crippen LogP contribution in [0.2, 0.25) is 0 Å². The average Bonchev–Trinajstić information content (AvgIpc) is 2.01. The third-order valence-electron chi connectivity index (χ3n) is 2.47. The molecule has 1 aliphatic heterocycles. The zero-order valence-corrected chi connectivity index (χ0v) is 8.62. The lowest BCUT2D eigenvalue weighted by Gasteiger charge is -2.28. The summed E-state index contributed by atoms with van der Waals surface area (Å²) in [5.41, 5.74) is 0. The van der Waals surface area contributed by atoms with Crippen LogP contribution in [0.15, 0.2) is 0 Å². The van der Waals surface area contributed by atoms with Crippen LogP contribution in [0.25, 0.3) is 0 Å². The van der Waals surface area contributed by atoms with Crippen LogP contribution in [-0.2, 0) is 9.59 Å². The van der Waals surface area contributed by atoms with Gasteiger partial charge in [0.2, 0.25) is 5.91 Å². The van der Waals surface area contributed by atoms with Crippen molar-refractivity contribution in [1.29, 1.82) is 0 Å². The van der Waals surface area contributed by atoms with Crippen LogP contribution in [0.4, 0.5) is 0 Å². The molecule has 4 heteroatoms. The lowest BCUT2D eigenvalue weighted by molar-refractivity contribution is -0.146. The van der Waals surface area contributed by atoms with E-state index in [2.05, 4.69) is 19.2 Å². The number of amides is 1. The summed E-state index contributed by atoms with van der Waals surface area (Å²) < 4.78 is 0. The highest BCUT2D eigenvalue weighted by atomic mass is 16.4. The van der Waals surface area contributed by atoms with Gasteiger partial charge < -0.3 is 10.4 Å². The summed E-state index contributed by atoms with van der Waals surface area (Å²) >= 11 is 0. The first-order valence-corrected chi connectivity index (χ1v) is 5.01. The molecule has 1 fully saturated rings. The third kappa shape index (κ3) is 3.01. The van der Waals surface area contributed by atoms with Crippen molar-refractivity contribution in [1.82, 2.24) is 5.32 Å². The zero-order valence-electron chi connectivity index (χ0n) is 8.62. The van der Waals surface area contributed by atoms with Crippen LogP contribution in [0, 0.1) is 11.8 Å². The molecule has 1 heterocycles. The largest absolute Gasteiger partial charge is 0.481 e. The van der Waals surface area contributed by atoms with Crippen molar-refractivity contribution in [2.24, 2.45) is 11.8 Å². The first-order valence-electron chi connectivity index (χ1n) is 5.01. The van der Waals surface area contributed by atoms with Crippen molar-refractivity contribution in [2.75, 3.05) is 0 Å². The maximum atomic E-state index is 11.2. The molecule has 0 spiro atoms. The average molecular weight is 199 g/mol. The number of aliphatic carboxylic acids is 1. The summed E-state index contributed by atoms with van der Waals surface area (Å²) in [6, 6.07) is 0.0392. The molecular formula is C10H17NO3. The Labute approximate surface area is 83.7 Å². The number of carbonyl (C=O) groups is 2. The van der Waals surface area contributed by atoms with Gasteiger partial charge in [0.25, 0.3) is 0 Å². The second kappa shape index (κ2) is 4.44. The van der Waals surface area contributed by atoms with Gasteiger partial charge in [0.05, 0.1) is 5.92 Å². The summed E-state index contributed by atoms with van der Waals surface area (Å²) in [5.74, 6) is -0.997. The molecule has 1 aliphatic rings. The van der Waals surface area contributed by atoms with Gasteiger partial charge in [-0.05, 0) is 18.8 Å². The summed E-state index contributed by atoms with van der Waals surface area (Å²) in [6.45, 7) is 4.13. The molecule has 2 atom stereocenters. The highest BCUT2D eigenvalue weighted by molar-refractivity contribution is 5.83. The van der Waals surface area contributed by atoms with Gasteiger partial charge in [-0.2, -0.15) is 0 Å². The van der Waals surface area contributed by atoms with Crippen LogP contribution >= 0.6 is 0 Å². The fourth-order valence-corrected chi connectivity index (χ4v) is 1.91. The Kier molecular flexibility index (Phi) is 3.49. The number of piperidine rings is 1. The molecule has 1 saturated heterocycles. The minimum atomic E-state index is -0.853. The highest BCUT2D eigenvalue weighted by Crippen LogP contribution is 2.21. The first kappa shape index (κ1) is 11.0. The van der Waals surface area contributed by atoms with Gasteiger partial charge in [0.1, 0.15) is 0 Å². The monoisotopic (exact) mass is 199 g/mol. The Morgan fingerprint density at radius 3 is 2.79 bits per heavy atom. The van der Waals surface area contributed by atoms with Gasteiger partial charge in [-0.3, -0.25) is 9.59 Å². The highest BCUT2D eigenvalue weighted by Gasteiger charge is 2.31. The predicted molar refractivity (Wildman–Crippen MR) is 51.7 cm³/mol. The smallest absolute Gasteiger partial charge is 0.307 e. The minimum Gasteiger partial charge on any atom is -0.481 e. The predicted octanol–water partition coefficient (Wildman–Crippen LogP) is 1.01. The van der Waals surface area contributed by atoms with Crippen LogP contribution in [-0.4, -0.2) is 23.0 Å². The van der Waals surface area contributed by atoms with Gasteiger partial charge in [0.15, 0.2) is 0 Å². The van der Waals surface area contributed by atoms with E-state index >= 15 is 0 Å².